The van der Waals surface area contributed by atoms with Crippen molar-refractivity contribution in [3.05, 3.63) is 82.9 Å². The maximum Gasteiger partial charge on any atom is 0.344 e. The third-order valence-corrected chi connectivity index (χ3v) is 9.19. The van der Waals surface area contributed by atoms with Gasteiger partial charge in [-0.25, -0.2) is 4.79 Å². The van der Waals surface area contributed by atoms with E-state index in [9.17, 15) is 24.6 Å². The van der Waals surface area contributed by atoms with Crippen molar-refractivity contribution in [1.29, 1.82) is 0 Å². The van der Waals surface area contributed by atoms with Crippen LogP contribution in [0.2, 0.25) is 0 Å². The normalized spacial score (nSPS) is 16.2. The van der Waals surface area contributed by atoms with E-state index in [0.29, 0.717) is 31.4 Å². The number of thioether (sulfide) groups is 1. The molecule has 1 unspecified atom stereocenters. The zero-order valence-corrected chi connectivity index (χ0v) is 27.4. The highest BCUT2D eigenvalue weighted by Gasteiger charge is 2.47. The number of esters is 2. The Kier molecular flexibility index (Phi) is 10.9. The fourth-order valence-electron chi connectivity index (χ4n) is 5.40. The number of hydrogen-bond acceptors (Lipinski definition) is 9. The molecule has 45 heavy (non-hydrogen) atoms. The van der Waals surface area contributed by atoms with E-state index >= 15 is 0 Å². The molecule has 0 radical (unpaired) electrons. The van der Waals surface area contributed by atoms with E-state index in [4.69, 9.17) is 14.2 Å². The molecule has 3 aromatic rings. The maximum atomic E-state index is 13.8. The van der Waals surface area contributed by atoms with Crippen LogP contribution in [-0.2, 0) is 42.1 Å². The van der Waals surface area contributed by atoms with Crippen molar-refractivity contribution in [2.24, 2.45) is 0 Å². The predicted molar refractivity (Wildman–Crippen MR) is 173 cm³/mol. The number of ketones is 1. The van der Waals surface area contributed by atoms with Gasteiger partial charge in [-0.05, 0) is 104 Å². The predicted octanol–water partition coefficient (Wildman–Crippen LogP) is 6.63. The van der Waals surface area contributed by atoms with E-state index in [0.717, 1.165) is 27.1 Å². The fraction of sp³-hybridized carbons (Fsp3) is 0.417. The number of carbonyl (C=O) groups excluding carboxylic acids is 3. The van der Waals surface area contributed by atoms with Crippen LogP contribution in [0.3, 0.4) is 0 Å². The lowest BCUT2D eigenvalue weighted by atomic mass is 9.82. The van der Waals surface area contributed by atoms with Crippen molar-refractivity contribution in [1.82, 2.24) is 0 Å². The zero-order chi connectivity index (χ0) is 32.8. The molecule has 240 valence electrons. The Morgan fingerprint density at radius 3 is 2.00 bits per heavy atom. The van der Waals surface area contributed by atoms with Gasteiger partial charge in [0, 0.05) is 11.3 Å². The van der Waals surface area contributed by atoms with Crippen LogP contribution in [0.25, 0.3) is 0 Å². The molecule has 9 heteroatoms. The van der Waals surface area contributed by atoms with Crippen LogP contribution >= 0.6 is 11.8 Å². The Hall–Kier alpha value is -3.98. The summed E-state index contributed by atoms with van der Waals surface area (Å²) in [6, 6.07) is 17.5. The third-order valence-electron chi connectivity index (χ3n) is 7.91. The number of rotatable bonds is 12. The van der Waals surface area contributed by atoms with Gasteiger partial charge in [-0.3, -0.25) is 9.59 Å². The molecule has 0 bridgehead atoms. The first-order valence-corrected chi connectivity index (χ1v) is 16.1. The van der Waals surface area contributed by atoms with E-state index in [1.807, 2.05) is 64.1 Å². The number of aromatic hydroxyl groups is 2. The quantitative estimate of drug-likeness (QED) is 0.167. The Balaban J connectivity index is 1.56. The van der Waals surface area contributed by atoms with E-state index in [1.54, 1.807) is 31.2 Å². The fourth-order valence-corrected chi connectivity index (χ4v) is 6.75. The summed E-state index contributed by atoms with van der Waals surface area (Å²) in [6.45, 7) is 9.76. The second-order valence-corrected chi connectivity index (χ2v) is 13.7. The molecule has 1 aliphatic rings. The number of carbonyl (C=O) groups is 3. The molecule has 0 saturated carbocycles. The SMILES string of the molecule is CCOC(=O)COc1cc(C(C)(C)C)c(SC2C(=O)CC(CCc3ccc(O)cc3)(CCc3ccc(O)cc3)OC2=O)cc1C. The van der Waals surface area contributed by atoms with Gasteiger partial charge in [0.15, 0.2) is 17.6 Å². The molecule has 4 rings (SSSR count). The van der Waals surface area contributed by atoms with Gasteiger partial charge < -0.3 is 24.4 Å². The number of phenolic OH excluding ortho intramolecular Hbond substituents is 2. The molecule has 0 aliphatic carbocycles. The summed E-state index contributed by atoms with van der Waals surface area (Å²) in [4.78, 5) is 40.2. The molecule has 3 aromatic carbocycles. The second-order valence-electron chi connectivity index (χ2n) is 12.5. The van der Waals surface area contributed by atoms with E-state index < -0.39 is 22.8 Å². The number of benzene rings is 3. The van der Waals surface area contributed by atoms with Crippen LogP contribution in [0.4, 0.5) is 0 Å². The van der Waals surface area contributed by atoms with Crippen LogP contribution in [0.15, 0.2) is 65.6 Å². The highest BCUT2D eigenvalue weighted by atomic mass is 32.2. The Morgan fingerprint density at radius 2 is 1.51 bits per heavy atom. The molecule has 0 aromatic heterocycles. The van der Waals surface area contributed by atoms with E-state index in [1.165, 1.54) is 11.8 Å². The number of hydrogen-bond donors (Lipinski definition) is 2. The molecular formula is C36H42O8S. The lowest BCUT2D eigenvalue weighted by Gasteiger charge is -2.39. The summed E-state index contributed by atoms with van der Waals surface area (Å²) < 4.78 is 17.0. The van der Waals surface area contributed by atoms with Crippen LogP contribution < -0.4 is 4.74 Å². The minimum atomic E-state index is -1.02. The van der Waals surface area contributed by atoms with Gasteiger partial charge in [0.25, 0.3) is 0 Å². The first-order valence-electron chi connectivity index (χ1n) is 15.2. The molecule has 1 aliphatic heterocycles. The summed E-state index contributed by atoms with van der Waals surface area (Å²) in [7, 11) is 0. The van der Waals surface area contributed by atoms with Crippen LogP contribution in [0, 0.1) is 6.92 Å². The summed E-state index contributed by atoms with van der Waals surface area (Å²) in [6.07, 6.45) is 2.11. The molecule has 2 N–H and O–H groups in total. The highest BCUT2D eigenvalue weighted by Crippen LogP contribution is 2.43. The minimum absolute atomic E-state index is 0.0805. The van der Waals surface area contributed by atoms with Crippen LogP contribution in [0.1, 0.15) is 69.2 Å². The monoisotopic (exact) mass is 634 g/mol. The Bertz CT molecular complexity index is 1440. The van der Waals surface area contributed by atoms with Crippen molar-refractivity contribution in [3.8, 4) is 17.2 Å². The third kappa shape index (κ3) is 9.03. The number of phenols is 2. The summed E-state index contributed by atoms with van der Waals surface area (Å²) >= 11 is 1.20. The number of Topliss-reactive ketones (excluding diaryl/α,β-unsaturated/α-hetero) is 1. The first kappa shape index (κ1) is 33.9. The second kappa shape index (κ2) is 14.4. The molecule has 1 saturated heterocycles. The van der Waals surface area contributed by atoms with Crippen molar-refractivity contribution in [3.63, 3.8) is 0 Å². The van der Waals surface area contributed by atoms with Gasteiger partial charge in [-0.1, -0.05) is 45.0 Å². The summed E-state index contributed by atoms with van der Waals surface area (Å²) in [5, 5.41) is 18.3. The van der Waals surface area contributed by atoms with Gasteiger partial charge in [0.2, 0.25) is 0 Å². The number of aryl methyl sites for hydroxylation is 3. The number of ether oxygens (including phenoxy) is 3. The average Bonchev–Trinajstić information content (AvgIpc) is 2.97. The van der Waals surface area contributed by atoms with E-state index in [2.05, 4.69) is 0 Å². The smallest absolute Gasteiger partial charge is 0.344 e. The average molecular weight is 635 g/mol. The van der Waals surface area contributed by atoms with Gasteiger partial charge >= 0.3 is 11.9 Å². The molecule has 0 amide bonds. The Morgan fingerprint density at radius 1 is 0.956 bits per heavy atom. The lowest BCUT2D eigenvalue weighted by Crippen LogP contribution is -2.49. The topological polar surface area (TPSA) is 119 Å². The van der Waals surface area contributed by atoms with Gasteiger partial charge in [0.1, 0.15) is 22.8 Å². The zero-order valence-electron chi connectivity index (χ0n) is 26.6. The minimum Gasteiger partial charge on any atom is -0.508 e. The molecule has 1 fully saturated rings. The van der Waals surface area contributed by atoms with Crippen molar-refractivity contribution < 1.29 is 38.8 Å². The largest absolute Gasteiger partial charge is 0.508 e. The van der Waals surface area contributed by atoms with Gasteiger partial charge in [0.05, 0.1) is 6.61 Å². The van der Waals surface area contributed by atoms with Crippen molar-refractivity contribution in [2.45, 2.75) is 87.9 Å². The van der Waals surface area contributed by atoms with Crippen LogP contribution in [0.5, 0.6) is 17.2 Å². The molecule has 8 nitrogen and oxygen atoms in total. The standard InChI is InChI=1S/C36H42O8S/c1-6-42-32(40)22-43-30-20-28(35(3,4)5)31(19-23(30)2)45-33-29(39)21-36(44-34(33)41,17-15-24-7-11-26(37)12-8-24)18-16-25-9-13-27(38)14-10-25/h7-14,19-20,33,37-38H,6,15-18,21-22H2,1-5H3. The summed E-state index contributed by atoms with van der Waals surface area (Å²) in [5.74, 6) is -0.327. The molecule has 1 heterocycles. The maximum absolute atomic E-state index is 13.8. The highest BCUT2D eigenvalue weighted by molar-refractivity contribution is 8.01. The van der Waals surface area contributed by atoms with Gasteiger partial charge in [-0.15, -0.1) is 11.8 Å². The van der Waals surface area contributed by atoms with Crippen LogP contribution in [-0.4, -0.2) is 52.0 Å². The van der Waals surface area contributed by atoms with Gasteiger partial charge in [-0.2, -0.15) is 0 Å². The Labute approximate surface area is 269 Å². The van der Waals surface area contributed by atoms with Crippen molar-refractivity contribution in [2.75, 3.05) is 13.2 Å². The molecular weight excluding hydrogens is 592 g/mol. The van der Waals surface area contributed by atoms with E-state index in [-0.39, 0.29) is 42.3 Å². The first-order chi connectivity index (χ1) is 21.3. The summed E-state index contributed by atoms with van der Waals surface area (Å²) in [5.41, 5.74) is 2.24. The molecule has 1 atom stereocenters. The number of cyclic esters (lactones) is 1. The lowest BCUT2D eigenvalue weighted by molar-refractivity contribution is -0.171. The van der Waals surface area contributed by atoms with Crippen molar-refractivity contribution >= 4 is 29.5 Å². The molecule has 0 spiro atoms.